The maximum Gasteiger partial charge on any atom is 0.227 e. The summed E-state index contributed by atoms with van der Waals surface area (Å²) in [6.07, 6.45) is 4.99. The summed E-state index contributed by atoms with van der Waals surface area (Å²) in [6.45, 7) is 12.1. The second-order valence-electron chi connectivity index (χ2n) is 9.28. The number of nitrogens with zero attached hydrogens (tertiary/aromatic N) is 2. The van der Waals surface area contributed by atoms with Crippen molar-refractivity contribution in [3.05, 3.63) is 0 Å². The Bertz CT molecular complexity index is 431. The molecule has 1 spiro atoms. The van der Waals surface area contributed by atoms with Crippen LogP contribution in [0.4, 0.5) is 0 Å². The molecule has 2 aliphatic heterocycles. The van der Waals surface area contributed by atoms with Crippen LogP contribution in [0.5, 0.6) is 0 Å². The first kappa shape index (κ1) is 17.2. The van der Waals surface area contributed by atoms with E-state index in [-0.39, 0.29) is 5.41 Å². The van der Waals surface area contributed by atoms with Gasteiger partial charge in [0.15, 0.2) is 0 Å². The van der Waals surface area contributed by atoms with Crippen LogP contribution in [0.3, 0.4) is 0 Å². The molecule has 3 aliphatic rings. The number of carbonyl (C=O) groups excluding carboxylic acids is 1. The second kappa shape index (κ2) is 6.36. The Hall–Kier alpha value is -0.610. The van der Waals surface area contributed by atoms with Gasteiger partial charge in [-0.25, -0.2) is 0 Å². The fourth-order valence-electron chi connectivity index (χ4n) is 4.39. The van der Waals surface area contributed by atoms with E-state index in [1.807, 2.05) is 20.8 Å². The molecule has 1 saturated carbocycles. The largest absolute Gasteiger partial charge is 0.381 e. The highest BCUT2D eigenvalue weighted by atomic mass is 16.5. The Kier molecular flexibility index (Phi) is 4.76. The number of amides is 1. The van der Waals surface area contributed by atoms with Gasteiger partial charge < -0.3 is 14.5 Å². The van der Waals surface area contributed by atoms with E-state index in [1.54, 1.807) is 0 Å². The lowest BCUT2D eigenvalue weighted by Gasteiger charge is -2.44. The maximum atomic E-state index is 12.5. The summed E-state index contributed by atoms with van der Waals surface area (Å²) >= 11 is 0. The third-order valence-electron chi connectivity index (χ3n) is 6.04. The lowest BCUT2D eigenvalue weighted by atomic mass is 9.71. The molecule has 4 heteroatoms. The Morgan fingerprint density at radius 1 is 1.17 bits per heavy atom. The van der Waals surface area contributed by atoms with E-state index >= 15 is 0 Å². The van der Waals surface area contributed by atoms with Crippen molar-refractivity contribution >= 4 is 5.91 Å². The first-order valence-electron chi connectivity index (χ1n) is 9.36. The van der Waals surface area contributed by atoms with Crippen LogP contribution in [0.15, 0.2) is 0 Å². The third kappa shape index (κ3) is 3.90. The average Bonchev–Trinajstić information content (AvgIpc) is 3.24. The number of likely N-dealkylation sites (tertiary alicyclic amines) is 2. The molecule has 0 N–H and O–H groups in total. The Labute approximate surface area is 141 Å². The molecule has 0 radical (unpaired) electrons. The van der Waals surface area contributed by atoms with Crippen molar-refractivity contribution in [1.82, 2.24) is 9.80 Å². The quantitative estimate of drug-likeness (QED) is 0.798. The molecule has 0 bridgehead atoms. The lowest BCUT2D eigenvalue weighted by molar-refractivity contribution is -0.142. The molecule has 1 aliphatic carbocycles. The van der Waals surface area contributed by atoms with E-state index < -0.39 is 0 Å². The second-order valence-corrected chi connectivity index (χ2v) is 9.28. The molecule has 0 aromatic heterocycles. The average molecular weight is 322 g/mol. The van der Waals surface area contributed by atoms with Crippen LogP contribution in [-0.2, 0) is 9.53 Å². The molecule has 0 aromatic carbocycles. The Morgan fingerprint density at radius 2 is 1.83 bits per heavy atom. The minimum Gasteiger partial charge on any atom is -0.381 e. The van der Waals surface area contributed by atoms with Gasteiger partial charge in [0.05, 0.1) is 6.61 Å². The predicted molar refractivity (Wildman–Crippen MR) is 92.2 cm³/mol. The molecule has 2 heterocycles. The molecule has 4 nitrogen and oxygen atoms in total. The summed E-state index contributed by atoms with van der Waals surface area (Å²) in [5.74, 6) is 1.79. The monoisotopic (exact) mass is 322 g/mol. The maximum absolute atomic E-state index is 12.5. The molecule has 1 amide bonds. The summed E-state index contributed by atoms with van der Waals surface area (Å²) < 4.78 is 6.04. The Morgan fingerprint density at radius 3 is 2.39 bits per heavy atom. The molecule has 3 fully saturated rings. The molecule has 1 unspecified atom stereocenters. The molecule has 2 saturated heterocycles. The van der Waals surface area contributed by atoms with Gasteiger partial charge in [0, 0.05) is 44.1 Å². The van der Waals surface area contributed by atoms with Crippen molar-refractivity contribution in [2.45, 2.75) is 46.5 Å². The fourth-order valence-corrected chi connectivity index (χ4v) is 4.39. The lowest BCUT2D eigenvalue weighted by Crippen LogP contribution is -2.49. The van der Waals surface area contributed by atoms with Crippen LogP contribution in [0.1, 0.15) is 46.5 Å². The van der Waals surface area contributed by atoms with Crippen LogP contribution in [-0.4, -0.2) is 62.1 Å². The topological polar surface area (TPSA) is 32.8 Å². The predicted octanol–water partition coefficient (Wildman–Crippen LogP) is 2.63. The number of piperidine rings is 1. The van der Waals surface area contributed by atoms with Gasteiger partial charge in [0.2, 0.25) is 5.91 Å². The van der Waals surface area contributed by atoms with Crippen LogP contribution in [0, 0.1) is 22.7 Å². The highest BCUT2D eigenvalue weighted by Crippen LogP contribution is 2.45. The van der Waals surface area contributed by atoms with Gasteiger partial charge in [-0.3, -0.25) is 4.79 Å². The van der Waals surface area contributed by atoms with Gasteiger partial charge >= 0.3 is 0 Å². The van der Waals surface area contributed by atoms with E-state index in [1.165, 1.54) is 19.4 Å². The van der Waals surface area contributed by atoms with Crippen molar-refractivity contribution < 1.29 is 9.53 Å². The van der Waals surface area contributed by atoms with Gasteiger partial charge in [-0.2, -0.15) is 0 Å². The molecule has 132 valence electrons. The molecule has 1 atom stereocenters. The summed E-state index contributed by atoms with van der Waals surface area (Å²) in [5.41, 5.74) is 0.108. The minimum atomic E-state index is -0.260. The van der Waals surface area contributed by atoms with Crippen molar-refractivity contribution in [1.29, 1.82) is 0 Å². The van der Waals surface area contributed by atoms with Crippen LogP contribution in [0.2, 0.25) is 0 Å². The number of hydrogen-bond donors (Lipinski definition) is 0. The summed E-state index contributed by atoms with van der Waals surface area (Å²) in [6, 6.07) is 0. The Balaban J connectivity index is 1.56. The van der Waals surface area contributed by atoms with E-state index in [4.69, 9.17) is 4.74 Å². The van der Waals surface area contributed by atoms with Crippen LogP contribution < -0.4 is 0 Å². The zero-order valence-corrected chi connectivity index (χ0v) is 15.4. The third-order valence-corrected chi connectivity index (χ3v) is 6.04. The van der Waals surface area contributed by atoms with Gasteiger partial charge in [-0.1, -0.05) is 20.8 Å². The SMILES string of the molecule is CN1CC(COCC2CC2)C2(CCN(C(=O)C(C)(C)C)CC2)C1. The van der Waals surface area contributed by atoms with Gasteiger partial charge in [-0.05, 0) is 44.1 Å². The van der Waals surface area contributed by atoms with E-state index in [2.05, 4.69) is 16.8 Å². The standard InChI is InChI=1S/C19H34N2O2/c1-18(2,3)17(22)21-9-7-19(8-10-21)14-20(4)11-16(19)13-23-12-15-5-6-15/h15-16H,5-14H2,1-4H3. The summed E-state index contributed by atoms with van der Waals surface area (Å²) in [4.78, 5) is 17.1. The normalized spacial score (nSPS) is 28.5. The van der Waals surface area contributed by atoms with E-state index in [0.717, 1.165) is 51.6 Å². The van der Waals surface area contributed by atoms with Gasteiger partial charge in [0.1, 0.15) is 0 Å². The molecule has 3 rings (SSSR count). The minimum absolute atomic E-state index is 0.260. The van der Waals surface area contributed by atoms with Gasteiger partial charge in [0.25, 0.3) is 0 Å². The van der Waals surface area contributed by atoms with Crippen molar-refractivity contribution in [2.24, 2.45) is 22.7 Å². The highest BCUT2D eigenvalue weighted by Gasteiger charge is 2.48. The number of rotatable bonds is 4. The number of carbonyl (C=O) groups is 1. The number of ether oxygens (including phenoxy) is 1. The van der Waals surface area contributed by atoms with Crippen molar-refractivity contribution in [3.63, 3.8) is 0 Å². The number of hydrogen-bond acceptors (Lipinski definition) is 3. The molecule has 23 heavy (non-hydrogen) atoms. The first-order chi connectivity index (χ1) is 10.8. The zero-order valence-electron chi connectivity index (χ0n) is 15.4. The fraction of sp³-hybridized carbons (Fsp3) is 0.947. The van der Waals surface area contributed by atoms with Crippen LogP contribution in [0.25, 0.3) is 0 Å². The smallest absolute Gasteiger partial charge is 0.227 e. The molecular weight excluding hydrogens is 288 g/mol. The van der Waals surface area contributed by atoms with Crippen molar-refractivity contribution in [2.75, 3.05) is 46.4 Å². The van der Waals surface area contributed by atoms with E-state index in [9.17, 15) is 4.79 Å². The summed E-state index contributed by atoms with van der Waals surface area (Å²) in [5, 5.41) is 0. The molecular formula is C19H34N2O2. The highest BCUT2D eigenvalue weighted by molar-refractivity contribution is 5.81. The van der Waals surface area contributed by atoms with Crippen LogP contribution >= 0.6 is 0 Å². The first-order valence-corrected chi connectivity index (χ1v) is 9.36. The van der Waals surface area contributed by atoms with Gasteiger partial charge in [-0.15, -0.1) is 0 Å². The molecule has 0 aromatic rings. The van der Waals surface area contributed by atoms with Crippen molar-refractivity contribution in [3.8, 4) is 0 Å². The summed E-state index contributed by atoms with van der Waals surface area (Å²) in [7, 11) is 2.23. The zero-order chi connectivity index (χ0) is 16.7. The van der Waals surface area contributed by atoms with E-state index in [0.29, 0.717) is 17.2 Å².